The largest absolute Gasteiger partial charge is 0.378 e. The van der Waals surface area contributed by atoms with E-state index in [0.29, 0.717) is 11.9 Å². The third-order valence-electron chi connectivity index (χ3n) is 2.51. The molecule has 1 aliphatic heterocycles. The van der Waals surface area contributed by atoms with Gasteiger partial charge in [-0.05, 0) is 19.0 Å². The molecule has 1 aliphatic rings. The second kappa shape index (κ2) is 4.31. The molecular weight excluding hydrogens is 210 g/mol. The van der Waals surface area contributed by atoms with E-state index >= 15 is 0 Å². The van der Waals surface area contributed by atoms with Crippen molar-refractivity contribution in [2.24, 2.45) is 0 Å². The van der Waals surface area contributed by atoms with Crippen LogP contribution in [0.15, 0.2) is 12.1 Å². The number of nitrogens with two attached hydrogens (primary N) is 1. The van der Waals surface area contributed by atoms with Gasteiger partial charge in [-0.25, -0.2) is 4.98 Å². The summed E-state index contributed by atoms with van der Waals surface area (Å²) in [5.74, 6) is 0.526. The smallest absolute Gasteiger partial charge is 0.311 e. The van der Waals surface area contributed by atoms with Gasteiger partial charge in [0.1, 0.15) is 5.82 Å². The van der Waals surface area contributed by atoms with Crippen molar-refractivity contribution in [2.75, 3.05) is 24.1 Å². The highest BCUT2D eigenvalue weighted by Gasteiger charge is 2.17. The summed E-state index contributed by atoms with van der Waals surface area (Å²) in [6.45, 7) is 1.85. The fraction of sp³-hybridized carbons (Fsp3) is 0.444. The molecule has 0 radical (unpaired) electrons. The molecule has 0 spiro atoms. The van der Waals surface area contributed by atoms with Gasteiger partial charge in [0.05, 0.1) is 4.92 Å². The van der Waals surface area contributed by atoms with Gasteiger partial charge in [0, 0.05) is 18.7 Å². The van der Waals surface area contributed by atoms with Crippen LogP contribution in [0.25, 0.3) is 0 Å². The molecule has 1 saturated heterocycles. The Labute approximate surface area is 92.2 Å². The maximum absolute atomic E-state index is 10.5. The molecule has 1 unspecified atom stereocenters. The number of rotatable bonds is 3. The molecule has 1 aromatic rings. The Morgan fingerprint density at radius 2 is 2.44 bits per heavy atom. The van der Waals surface area contributed by atoms with Gasteiger partial charge in [0.15, 0.2) is 0 Å². The lowest BCUT2D eigenvalue weighted by atomic mass is 10.2. The van der Waals surface area contributed by atoms with Crippen LogP contribution in [0.3, 0.4) is 0 Å². The number of aromatic nitrogens is 1. The summed E-state index contributed by atoms with van der Waals surface area (Å²) in [7, 11) is 0. The van der Waals surface area contributed by atoms with Crippen LogP contribution in [-0.2, 0) is 0 Å². The minimum atomic E-state index is -0.538. The predicted molar refractivity (Wildman–Crippen MR) is 60.2 cm³/mol. The summed E-state index contributed by atoms with van der Waals surface area (Å²) in [6.07, 6.45) is 1.01. The topological polar surface area (TPSA) is 106 Å². The van der Waals surface area contributed by atoms with E-state index in [1.807, 2.05) is 0 Å². The van der Waals surface area contributed by atoms with Crippen molar-refractivity contribution < 1.29 is 4.92 Å². The normalized spacial score (nSPS) is 19.6. The van der Waals surface area contributed by atoms with Crippen molar-refractivity contribution in [3.05, 3.63) is 22.2 Å². The number of nitrogens with zero attached hydrogens (tertiary/aromatic N) is 2. The lowest BCUT2D eigenvalue weighted by Crippen LogP contribution is -2.22. The molecule has 2 heterocycles. The zero-order chi connectivity index (χ0) is 11.5. The molecule has 0 amide bonds. The zero-order valence-electron chi connectivity index (χ0n) is 8.64. The fourth-order valence-corrected chi connectivity index (χ4v) is 1.69. The summed E-state index contributed by atoms with van der Waals surface area (Å²) >= 11 is 0. The van der Waals surface area contributed by atoms with Crippen LogP contribution < -0.4 is 16.4 Å². The van der Waals surface area contributed by atoms with Gasteiger partial charge in [0.25, 0.3) is 0 Å². The van der Waals surface area contributed by atoms with Gasteiger partial charge >= 0.3 is 5.69 Å². The van der Waals surface area contributed by atoms with Crippen LogP contribution in [0.1, 0.15) is 6.42 Å². The van der Waals surface area contributed by atoms with Crippen molar-refractivity contribution in [2.45, 2.75) is 12.5 Å². The number of anilines is 2. The third-order valence-corrected chi connectivity index (χ3v) is 2.51. The van der Waals surface area contributed by atoms with Crippen LogP contribution >= 0.6 is 0 Å². The van der Waals surface area contributed by atoms with Crippen LogP contribution in [0, 0.1) is 10.1 Å². The Morgan fingerprint density at radius 1 is 1.62 bits per heavy atom. The highest BCUT2D eigenvalue weighted by Crippen LogP contribution is 2.21. The molecule has 0 aliphatic carbocycles. The molecule has 1 aromatic heterocycles. The summed E-state index contributed by atoms with van der Waals surface area (Å²) in [5.41, 5.74) is 5.33. The zero-order valence-corrected chi connectivity index (χ0v) is 8.64. The van der Waals surface area contributed by atoms with Crippen molar-refractivity contribution in [3.63, 3.8) is 0 Å². The average molecular weight is 223 g/mol. The van der Waals surface area contributed by atoms with E-state index in [-0.39, 0.29) is 11.5 Å². The molecule has 16 heavy (non-hydrogen) atoms. The molecule has 2 rings (SSSR count). The first-order chi connectivity index (χ1) is 7.66. The summed E-state index contributed by atoms with van der Waals surface area (Å²) < 4.78 is 0. The molecule has 0 saturated carbocycles. The van der Waals surface area contributed by atoms with E-state index in [1.165, 1.54) is 6.07 Å². The Kier molecular flexibility index (Phi) is 2.86. The van der Waals surface area contributed by atoms with Gasteiger partial charge in [-0.15, -0.1) is 0 Å². The van der Waals surface area contributed by atoms with E-state index in [9.17, 15) is 10.1 Å². The van der Waals surface area contributed by atoms with E-state index in [0.717, 1.165) is 19.5 Å². The quantitative estimate of drug-likeness (QED) is 0.504. The number of hydrogen-bond donors (Lipinski definition) is 3. The standard InChI is InChI=1S/C9H13N5O2/c10-9-7(14(15)16)1-2-8(13-9)12-6-3-4-11-5-6/h1-2,6,11H,3-5H2,(H3,10,12,13). The molecular formula is C9H13N5O2. The maximum Gasteiger partial charge on any atom is 0.311 e. The Bertz CT molecular complexity index is 403. The minimum Gasteiger partial charge on any atom is -0.378 e. The molecule has 7 heteroatoms. The first-order valence-electron chi connectivity index (χ1n) is 5.05. The van der Waals surface area contributed by atoms with Crippen molar-refractivity contribution in [1.29, 1.82) is 0 Å². The SMILES string of the molecule is Nc1nc(NC2CCNC2)ccc1[N+](=O)[O-]. The lowest BCUT2D eigenvalue weighted by molar-refractivity contribution is -0.384. The van der Waals surface area contributed by atoms with Crippen LogP contribution in [-0.4, -0.2) is 29.0 Å². The van der Waals surface area contributed by atoms with Gasteiger partial charge in [0.2, 0.25) is 5.82 Å². The number of nitrogens with one attached hydrogen (secondary N) is 2. The van der Waals surface area contributed by atoms with E-state index < -0.39 is 4.92 Å². The molecule has 1 atom stereocenters. The van der Waals surface area contributed by atoms with Crippen molar-refractivity contribution >= 4 is 17.3 Å². The molecule has 7 nitrogen and oxygen atoms in total. The van der Waals surface area contributed by atoms with Gasteiger partial charge in [-0.2, -0.15) is 0 Å². The molecule has 1 fully saturated rings. The second-order valence-electron chi connectivity index (χ2n) is 3.69. The number of pyridine rings is 1. The van der Waals surface area contributed by atoms with Gasteiger partial charge < -0.3 is 16.4 Å². The lowest BCUT2D eigenvalue weighted by Gasteiger charge is -2.11. The van der Waals surface area contributed by atoms with E-state index in [4.69, 9.17) is 5.73 Å². The highest BCUT2D eigenvalue weighted by molar-refractivity contribution is 5.57. The third kappa shape index (κ3) is 2.19. The Hall–Kier alpha value is -1.89. The first-order valence-corrected chi connectivity index (χ1v) is 5.05. The fourth-order valence-electron chi connectivity index (χ4n) is 1.69. The minimum absolute atomic E-state index is 0.0547. The highest BCUT2D eigenvalue weighted by atomic mass is 16.6. The van der Waals surface area contributed by atoms with Gasteiger partial charge in [-0.3, -0.25) is 10.1 Å². The predicted octanol–water partition coefficient (Wildman–Crippen LogP) is 0.346. The van der Waals surface area contributed by atoms with Crippen molar-refractivity contribution in [1.82, 2.24) is 10.3 Å². The van der Waals surface area contributed by atoms with Crippen LogP contribution in [0.5, 0.6) is 0 Å². The van der Waals surface area contributed by atoms with Crippen molar-refractivity contribution in [3.8, 4) is 0 Å². The molecule has 0 bridgehead atoms. The monoisotopic (exact) mass is 223 g/mol. The number of nitrogen functional groups attached to an aromatic ring is 1. The summed E-state index contributed by atoms with van der Waals surface area (Å²) in [5, 5.41) is 16.9. The van der Waals surface area contributed by atoms with Crippen LogP contribution in [0.4, 0.5) is 17.3 Å². The number of nitro groups is 1. The second-order valence-corrected chi connectivity index (χ2v) is 3.69. The first kappa shape index (κ1) is 10.6. The number of hydrogen-bond acceptors (Lipinski definition) is 6. The van der Waals surface area contributed by atoms with Gasteiger partial charge in [-0.1, -0.05) is 0 Å². The molecule has 0 aromatic carbocycles. The summed E-state index contributed by atoms with van der Waals surface area (Å²) in [6, 6.07) is 3.26. The Balaban J connectivity index is 2.11. The van der Waals surface area contributed by atoms with E-state index in [2.05, 4.69) is 15.6 Å². The average Bonchev–Trinajstić information content (AvgIpc) is 2.70. The molecule has 86 valence electrons. The Morgan fingerprint density at radius 3 is 3.00 bits per heavy atom. The summed E-state index contributed by atoms with van der Waals surface area (Å²) in [4.78, 5) is 13.9. The van der Waals surface area contributed by atoms with Crippen LogP contribution in [0.2, 0.25) is 0 Å². The van der Waals surface area contributed by atoms with E-state index in [1.54, 1.807) is 6.07 Å². The maximum atomic E-state index is 10.5. The molecule has 4 N–H and O–H groups in total.